The Morgan fingerprint density at radius 1 is 0.277 bits per heavy atom. The average Bonchev–Trinajstić information content (AvgIpc) is 3.49. The highest BCUT2D eigenvalue weighted by Crippen LogP contribution is 2.20. The first-order valence-corrected chi connectivity index (χ1v) is 38.4. The summed E-state index contributed by atoms with van der Waals surface area (Å²) < 4.78 is 10.8. The van der Waals surface area contributed by atoms with E-state index in [9.17, 15) is 14.7 Å². The fraction of sp³-hybridized carbons (Fsp3) is 0.923. The summed E-state index contributed by atoms with van der Waals surface area (Å²) in [5, 5.41) is 9.72. The molecule has 0 aromatic rings. The normalized spacial score (nSPS) is 12.2. The quantitative estimate of drug-likeness (QED) is 0.0373. The van der Waals surface area contributed by atoms with Crippen molar-refractivity contribution in [1.29, 1.82) is 0 Å². The number of ether oxygens (including phenoxy) is 2. The van der Waals surface area contributed by atoms with Gasteiger partial charge in [0.2, 0.25) is 0 Å². The third kappa shape index (κ3) is 72.8. The molecule has 0 aliphatic heterocycles. The van der Waals surface area contributed by atoms with Crippen LogP contribution in [-0.4, -0.2) is 36.4 Å². The van der Waals surface area contributed by atoms with Crippen LogP contribution in [0.5, 0.6) is 0 Å². The van der Waals surface area contributed by atoms with Gasteiger partial charge in [-0.15, -0.1) is 0 Å². The number of esters is 2. The van der Waals surface area contributed by atoms with E-state index in [2.05, 4.69) is 38.2 Å². The van der Waals surface area contributed by atoms with E-state index in [1.807, 2.05) is 0 Å². The van der Waals surface area contributed by atoms with Crippen molar-refractivity contribution in [3.63, 3.8) is 0 Å². The minimum atomic E-state index is -0.768. The van der Waals surface area contributed by atoms with Gasteiger partial charge in [-0.3, -0.25) is 9.59 Å². The van der Waals surface area contributed by atoms with Crippen molar-refractivity contribution in [2.24, 2.45) is 0 Å². The number of hydrogen-bond donors (Lipinski definition) is 1. The summed E-state index contributed by atoms with van der Waals surface area (Å²) in [5.41, 5.74) is 0. The van der Waals surface area contributed by atoms with Gasteiger partial charge in [0.25, 0.3) is 0 Å². The molecule has 0 aliphatic rings. The highest BCUT2D eigenvalue weighted by atomic mass is 16.6. The zero-order valence-electron chi connectivity index (χ0n) is 56.8. The number of aliphatic hydroxyl groups is 1. The lowest BCUT2D eigenvalue weighted by Crippen LogP contribution is -2.28. The lowest BCUT2D eigenvalue weighted by Gasteiger charge is -2.15. The second kappa shape index (κ2) is 74.6. The van der Waals surface area contributed by atoms with E-state index in [1.165, 1.54) is 379 Å². The number of allylic oxidation sites excluding steroid dienone is 4. The fourth-order valence-corrected chi connectivity index (χ4v) is 12.2. The summed E-state index contributed by atoms with van der Waals surface area (Å²) >= 11 is 0. The molecular formula is C78H150O5. The van der Waals surface area contributed by atoms with Crippen LogP contribution in [0.3, 0.4) is 0 Å². The highest BCUT2D eigenvalue weighted by molar-refractivity contribution is 5.70. The van der Waals surface area contributed by atoms with Crippen molar-refractivity contribution in [2.45, 2.75) is 450 Å². The van der Waals surface area contributed by atoms with Gasteiger partial charge in [0.05, 0.1) is 6.61 Å². The van der Waals surface area contributed by atoms with Gasteiger partial charge < -0.3 is 14.6 Å². The number of carbonyl (C=O) groups is 2. The molecule has 0 spiro atoms. The number of aliphatic hydroxyl groups excluding tert-OH is 1. The Balaban J connectivity index is 3.35. The van der Waals surface area contributed by atoms with Crippen molar-refractivity contribution in [3.8, 4) is 0 Å². The van der Waals surface area contributed by atoms with Gasteiger partial charge in [-0.05, 0) is 44.9 Å². The zero-order chi connectivity index (χ0) is 59.8. The summed E-state index contributed by atoms with van der Waals surface area (Å²) in [6, 6.07) is 0. The fourth-order valence-electron chi connectivity index (χ4n) is 12.2. The molecule has 0 saturated heterocycles. The standard InChI is InChI=1S/C78H150O5/c1-3-5-7-9-11-13-15-17-19-21-23-25-27-29-31-33-35-37-38-39-40-41-43-45-47-49-51-53-55-57-59-61-63-65-67-69-71-73-78(81)83-76(74-79)75-82-77(80)72-70-68-66-64-62-60-58-56-54-52-50-48-46-44-42-36-34-32-30-28-26-24-22-20-18-16-14-12-10-8-6-4-2/h15,17,21,23,76,79H,3-14,16,18-20,22,24-75H2,1-2H3/b17-15-,23-21-. The van der Waals surface area contributed by atoms with Crippen LogP contribution in [0.2, 0.25) is 0 Å². The molecule has 5 heteroatoms. The van der Waals surface area contributed by atoms with Gasteiger partial charge in [0, 0.05) is 12.8 Å². The Morgan fingerprint density at radius 2 is 0.482 bits per heavy atom. The third-order valence-electron chi connectivity index (χ3n) is 18.0. The molecule has 0 saturated carbocycles. The minimum absolute atomic E-state index is 0.0569. The van der Waals surface area contributed by atoms with Crippen molar-refractivity contribution >= 4 is 11.9 Å². The monoisotopic (exact) mass is 1170 g/mol. The Hall–Kier alpha value is -1.62. The van der Waals surface area contributed by atoms with Gasteiger partial charge in [-0.2, -0.15) is 0 Å². The Morgan fingerprint density at radius 3 is 0.711 bits per heavy atom. The van der Waals surface area contributed by atoms with Crippen LogP contribution in [0, 0.1) is 0 Å². The van der Waals surface area contributed by atoms with Crippen molar-refractivity contribution in [2.75, 3.05) is 13.2 Å². The maximum absolute atomic E-state index is 12.4. The van der Waals surface area contributed by atoms with Crippen molar-refractivity contribution in [3.05, 3.63) is 24.3 Å². The van der Waals surface area contributed by atoms with E-state index < -0.39 is 6.10 Å². The number of hydrogen-bond acceptors (Lipinski definition) is 5. The van der Waals surface area contributed by atoms with E-state index in [0.29, 0.717) is 12.8 Å². The zero-order valence-corrected chi connectivity index (χ0v) is 56.8. The first-order chi connectivity index (χ1) is 41.1. The molecule has 0 fully saturated rings. The summed E-state index contributed by atoms with van der Waals surface area (Å²) in [7, 11) is 0. The Labute approximate surface area is 521 Å². The van der Waals surface area contributed by atoms with E-state index in [0.717, 1.165) is 38.5 Å². The second-order valence-electron chi connectivity index (χ2n) is 26.4. The van der Waals surface area contributed by atoms with Crippen LogP contribution in [0.1, 0.15) is 444 Å². The molecule has 0 aromatic heterocycles. The molecule has 0 bridgehead atoms. The topological polar surface area (TPSA) is 72.8 Å². The van der Waals surface area contributed by atoms with E-state index in [-0.39, 0.29) is 25.2 Å². The molecular weight excluding hydrogens is 1020 g/mol. The Kier molecular flexibility index (Phi) is 73.2. The molecule has 492 valence electrons. The second-order valence-corrected chi connectivity index (χ2v) is 26.4. The van der Waals surface area contributed by atoms with Gasteiger partial charge in [0.1, 0.15) is 6.61 Å². The molecule has 1 unspecified atom stereocenters. The summed E-state index contributed by atoms with van der Waals surface area (Å²) in [4.78, 5) is 24.7. The number of carbonyl (C=O) groups excluding carboxylic acids is 2. The molecule has 0 rings (SSSR count). The van der Waals surface area contributed by atoms with Crippen LogP contribution >= 0.6 is 0 Å². The molecule has 0 heterocycles. The third-order valence-corrected chi connectivity index (χ3v) is 18.0. The Bertz CT molecular complexity index is 1280. The van der Waals surface area contributed by atoms with Crippen LogP contribution in [0.25, 0.3) is 0 Å². The number of unbranched alkanes of at least 4 members (excludes halogenated alkanes) is 61. The van der Waals surface area contributed by atoms with Gasteiger partial charge in [-0.25, -0.2) is 0 Å². The maximum atomic E-state index is 12.4. The molecule has 0 radical (unpaired) electrons. The van der Waals surface area contributed by atoms with Crippen LogP contribution in [0.4, 0.5) is 0 Å². The summed E-state index contributed by atoms with van der Waals surface area (Å²) in [6.45, 7) is 4.21. The smallest absolute Gasteiger partial charge is 0.306 e. The maximum Gasteiger partial charge on any atom is 0.306 e. The number of rotatable bonds is 73. The first kappa shape index (κ1) is 81.4. The van der Waals surface area contributed by atoms with Gasteiger partial charge in [-0.1, -0.05) is 411 Å². The molecule has 1 N–H and O–H groups in total. The predicted octanol–water partition coefficient (Wildman–Crippen LogP) is 26.7. The summed E-state index contributed by atoms with van der Waals surface area (Å²) in [5.74, 6) is -0.560. The van der Waals surface area contributed by atoms with E-state index in [4.69, 9.17) is 9.47 Å². The van der Waals surface area contributed by atoms with Crippen LogP contribution in [-0.2, 0) is 19.1 Å². The average molecular weight is 1170 g/mol. The van der Waals surface area contributed by atoms with Crippen molar-refractivity contribution in [1.82, 2.24) is 0 Å². The first-order valence-electron chi connectivity index (χ1n) is 38.4. The van der Waals surface area contributed by atoms with E-state index >= 15 is 0 Å². The van der Waals surface area contributed by atoms with Gasteiger partial charge in [0.15, 0.2) is 6.10 Å². The predicted molar refractivity (Wildman–Crippen MR) is 367 cm³/mol. The van der Waals surface area contributed by atoms with Crippen LogP contribution in [0.15, 0.2) is 24.3 Å². The molecule has 83 heavy (non-hydrogen) atoms. The lowest BCUT2D eigenvalue weighted by molar-refractivity contribution is -0.161. The molecule has 0 aromatic carbocycles. The van der Waals surface area contributed by atoms with Crippen LogP contribution < -0.4 is 0 Å². The van der Waals surface area contributed by atoms with Gasteiger partial charge >= 0.3 is 11.9 Å². The largest absolute Gasteiger partial charge is 0.462 e. The highest BCUT2D eigenvalue weighted by Gasteiger charge is 2.16. The minimum Gasteiger partial charge on any atom is -0.462 e. The molecule has 1 atom stereocenters. The summed E-state index contributed by atoms with van der Waals surface area (Å²) in [6.07, 6.45) is 98.3. The molecule has 5 nitrogen and oxygen atoms in total. The lowest BCUT2D eigenvalue weighted by atomic mass is 10.0. The van der Waals surface area contributed by atoms with Crippen molar-refractivity contribution < 1.29 is 24.2 Å². The molecule has 0 aliphatic carbocycles. The SMILES string of the molecule is CCCCCCC/C=C\C/C=C\CCCCCCCCCCCCCCCCCCCCCCCCCCCC(=O)OC(CO)COC(=O)CCCCCCCCCCCCCCCCCCCCCCCCCCCCCCCCCC. The molecule has 0 amide bonds. The van der Waals surface area contributed by atoms with E-state index in [1.54, 1.807) is 0 Å².